The molecule has 2 rings (SSSR count). The van der Waals surface area contributed by atoms with Gasteiger partial charge < -0.3 is 10.1 Å². The van der Waals surface area contributed by atoms with Crippen LogP contribution in [-0.2, 0) is 16.1 Å². The molecule has 126 valence electrons. The number of carbonyl (C=O) groups excluding carboxylic acids is 2. The molecule has 0 fully saturated rings. The first-order valence-corrected chi connectivity index (χ1v) is 7.63. The van der Waals surface area contributed by atoms with E-state index in [0.717, 1.165) is 11.1 Å². The van der Waals surface area contributed by atoms with Gasteiger partial charge in [0.25, 0.3) is 5.91 Å². The second kappa shape index (κ2) is 7.73. The second-order valence-corrected chi connectivity index (χ2v) is 5.68. The standard InChI is InChI=1S/C19H20FNO3/c1-12-5-4-6-16(14(12)3)19(23)24-11-18(22)21-10-15-8-7-13(2)17(20)9-15/h4-9H,10-11H2,1-3H3,(H,21,22). The van der Waals surface area contributed by atoms with Crippen LogP contribution in [0.25, 0.3) is 0 Å². The van der Waals surface area contributed by atoms with Crippen LogP contribution in [0.4, 0.5) is 4.39 Å². The molecule has 2 aromatic rings. The van der Waals surface area contributed by atoms with Crippen molar-refractivity contribution in [3.8, 4) is 0 Å². The van der Waals surface area contributed by atoms with Gasteiger partial charge in [0, 0.05) is 6.54 Å². The predicted octanol–water partition coefficient (Wildman–Crippen LogP) is 3.22. The molecule has 5 heteroatoms. The third-order valence-electron chi connectivity index (χ3n) is 3.88. The summed E-state index contributed by atoms with van der Waals surface area (Å²) in [5.41, 5.74) is 3.46. The Bertz CT molecular complexity index is 771. The first-order valence-electron chi connectivity index (χ1n) is 7.63. The summed E-state index contributed by atoms with van der Waals surface area (Å²) in [6, 6.07) is 10.1. The van der Waals surface area contributed by atoms with Crippen LogP contribution in [0, 0.1) is 26.6 Å². The summed E-state index contributed by atoms with van der Waals surface area (Å²) in [6.45, 7) is 5.21. The zero-order chi connectivity index (χ0) is 17.7. The van der Waals surface area contributed by atoms with Crippen LogP contribution in [0.1, 0.15) is 32.6 Å². The number of benzene rings is 2. The highest BCUT2D eigenvalue weighted by Crippen LogP contribution is 2.13. The normalized spacial score (nSPS) is 10.3. The van der Waals surface area contributed by atoms with E-state index in [2.05, 4.69) is 5.32 Å². The molecule has 0 unspecified atom stereocenters. The molecule has 0 radical (unpaired) electrons. The predicted molar refractivity (Wildman–Crippen MR) is 89.2 cm³/mol. The highest BCUT2D eigenvalue weighted by molar-refractivity contribution is 5.93. The van der Waals surface area contributed by atoms with E-state index in [1.807, 2.05) is 19.9 Å². The van der Waals surface area contributed by atoms with Gasteiger partial charge in [0.15, 0.2) is 6.61 Å². The molecule has 0 saturated heterocycles. The van der Waals surface area contributed by atoms with E-state index in [1.165, 1.54) is 6.07 Å². The van der Waals surface area contributed by atoms with Gasteiger partial charge in [-0.25, -0.2) is 9.18 Å². The Kier molecular flexibility index (Phi) is 5.68. The van der Waals surface area contributed by atoms with Crippen LogP contribution in [0.15, 0.2) is 36.4 Å². The zero-order valence-electron chi connectivity index (χ0n) is 14.0. The first-order chi connectivity index (χ1) is 11.4. The van der Waals surface area contributed by atoms with Crippen molar-refractivity contribution in [3.05, 3.63) is 70.0 Å². The number of halogens is 1. The fraction of sp³-hybridized carbons (Fsp3) is 0.263. The molecule has 4 nitrogen and oxygen atoms in total. The molecule has 0 aliphatic rings. The van der Waals surface area contributed by atoms with E-state index in [0.29, 0.717) is 16.7 Å². The minimum atomic E-state index is -0.535. The molecule has 0 aliphatic carbocycles. The monoisotopic (exact) mass is 329 g/mol. The SMILES string of the molecule is Cc1ccc(CNC(=O)COC(=O)c2cccc(C)c2C)cc1F. The number of aryl methyl sites for hydroxylation is 2. The molecule has 1 amide bonds. The smallest absolute Gasteiger partial charge is 0.338 e. The van der Waals surface area contributed by atoms with Crippen LogP contribution in [-0.4, -0.2) is 18.5 Å². The Hall–Kier alpha value is -2.69. The lowest BCUT2D eigenvalue weighted by atomic mass is 10.0. The summed E-state index contributed by atoms with van der Waals surface area (Å²) in [4.78, 5) is 23.8. The van der Waals surface area contributed by atoms with Crippen molar-refractivity contribution in [2.24, 2.45) is 0 Å². The molecule has 0 aliphatic heterocycles. The van der Waals surface area contributed by atoms with E-state index < -0.39 is 11.9 Å². The fourth-order valence-electron chi connectivity index (χ4n) is 2.18. The number of hydrogen-bond donors (Lipinski definition) is 1. The Balaban J connectivity index is 1.85. The van der Waals surface area contributed by atoms with Crippen molar-refractivity contribution in [2.45, 2.75) is 27.3 Å². The lowest BCUT2D eigenvalue weighted by molar-refractivity contribution is -0.124. The largest absolute Gasteiger partial charge is 0.452 e. The van der Waals surface area contributed by atoms with E-state index in [4.69, 9.17) is 4.74 Å². The average molecular weight is 329 g/mol. The van der Waals surface area contributed by atoms with Crippen LogP contribution in [0.3, 0.4) is 0 Å². The minimum Gasteiger partial charge on any atom is -0.452 e. The van der Waals surface area contributed by atoms with Gasteiger partial charge in [-0.05, 0) is 55.2 Å². The second-order valence-electron chi connectivity index (χ2n) is 5.68. The highest BCUT2D eigenvalue weighted by Gasteiger charge is 2.13. The third-order valence-corrected chi connectivity index (χ3v) is 3.88. The Labute approximate surface area is 140 Å². The van der Waals surface area contributed by atoms with Gasteiger partial charge in [0.05, 0.1) is 5.56 Å². The van der Waals surface area contributed by atoms with Crippen molar-refractivity contribution in [1.82, 2.24) is 5.32 Å². The van der Waals surface area contributed by atoms with Crippen molar-refractivity contribution >= 4 is 11.9 Å². The Morgan fingerprint density at radius 2 is 1.83 bits per heavy atom. The summed E-state index contributed by atoms with van der Waals surface area (Å²) in [5, 5.41) is 2.60. The Morgan fingerprint density at radius 1 is 1.08 bits per heavy atom. The molecule has 1 N–H and O–H groups in total. The number of ether oxygens (including phenoxy) is 1. The van der Waals surface area contributed by atoms with Gasteiger partial charge in [0.2, 0.25) is 0 Å². The number of nitrogens with one attached hydrogen (secondary N) is 1. The fourth-order valence-corrected chi connectivity index (χ4v) is 2.18. The van der Waals surface area contributed by atoms with Crippen LogP contribution >= 0.6 is 0 Å². The lowest BCUT2D eigenvalue weighted by Gasteiger charge is -2.09. The minimum absolute atomic E-state index is 0.178. The highest BCUT2D eigenvalue weighted by atomic mass is 19.1. The molecule has 2 aromatic carbocycles. The van der Waals surface area contributed by atoms with E-state index in [9.17, 15) is 14.0 Å². The molecular formula is C19H20FNO3. The van der Waals surface area contributed by atoms with Gasteiger partial charge in [-0.1, -0.05) is 24.3 Å². The number of esters is 1. The number of carbonyl (C=O) groups is 2. The maximum absolute atomic E-state index is 13.4. The summed E-state index contributed by atoms with van der Waals surface area (Å²) in [5.74, 6) is -1.29. The van der Waals surface area contributed by atoms with E-state index in [1.54, 1.807) is 31.2 Å². The number of rotatable bonds is 5. The third kappa shape index (κ3) is 4.41. The molecule has 0 saturated carbocycles. The summed E-state index contributed by atoms with van der Waals surface area (Å²) >= 11 is 0. The van der Waals surface area contributed by atoms with Crippen molar-refractivity contribution in [1.29, 1.82) is 0 Å². The molecular weight excluding hydrogens is 309 g/mol. The van der Waals surface area contributed by atoms with Crippen molar-refractivity contribution in [2.75, 3.05) is 6.61 Å². The van der Waals surface area contributed by atoms with Crippen molar-refractivity contribution in [3.63, 3.8) is 0 Å². The number of amides is 1. The average Bonchev–Trinajstić information content (AvgIpc) is 2.56. The van der Waals surface area contributed by atoms with Gasteiger partial charge in [-0.15, -0.1) is 0 Å². The topological polar surface area (TPSA) is 55.4 Å². The van der Waals surface area contributed by atoms with Crippen LogP contribution < -0.4 is 5.32 Å². The van der Waals surface area contributed by atoms with E-state index in [-0.39, 0.29) is 19.0 Å². The molecule has 0 spiro atoms. The molecule has 0 atom stereocenters. The van der Waals surface area contributed by atoms with Crippen LogP contribution in [0.2, 0.25) is 0 Å². The van der Waals surface area contributed by atoms with Gasteiger partial charge in [-0.3, -0.25) is 4.79 Å². The van der Waals surface area contributed by atoms with Crippen molar-refractivity contribution < 1.29 is 18.7 Å². The molecule has 0 aromatic heterocycles. The maximum Gasteiger partial charge on any atom is 0.338 e. The lowest BCUT2D eigenvalue weighted by Crippen LogP contribution is -2.28. The molecule has 0 bridgehead atoms. The quantitative estimate of drug-likeness (QED) is 0.857. The summed E-state index contributed by atoms with van der Waals surface area (Å²) in [6.07, 6.45) is 0. The van der Waals surface area contributed by atoms with Gasteiger partial charge in [-0.2, -0.15) is 0 Å². The molecule has 24 heavy (non-hydrogen) atoms. The summed E-state index contributed by atoms with van der Waals surface area (Å²) < 4.78 is 18.5. The Morgan fingerprint density at radius 3 is 2.54 bits per heavy atom. The zero-order valence-corrected chi connectivity index (χ0v) is 14.0. The summed E-state index contributed by atoms with van der Waals surface area (Å²) in [7, 11) is 0. The van der Waals surface area contributed by atoms with Crippen LogP contribution in [0.5, 0.6) is 0 Å². The van der Waals surface area contributed by atoms with E-state index >= 15 is 0 Å². The van der Waals surface area contributed by atoms with Gasteiger partial charge >= 0.3 is 5.97 Å². The number of hydrogen-bond acceptors (Lipinski definition) is 3. The first kappa shape index (κ1) is 17.7. The van der Waals surface area contributed by atoms with Gasteiger partial charge in [0.1, 0.15) is 5.82 Å². The maximum atomic E-state index is 13.4. The molecule has 0 heterocycles.